The van der Waals surface area contributed by atoms with Gasteiger partial charge in [0.25, 0.3) is 0 Å². The standard InChI is InChI=1S/C13H9ClF3NO2/c1-2-20-12(19)7-3-4-8-9(14)6-11(13(15,16)17)18-10(8)5-7/h3-6H,2H2,1H3. The second-order valence-electron chi connectivity index (χ2n) is 3.94. The average molecular weight is 304 g/mol. The van der Waals surface area contributed by atoms with Crippen molar-refractivity contribution in [3.63, 3.8) is 0 Å². The molecule has 1 heterocycles. The Labute approximate surface area is 117 Å². The molecule has 0 atom stereocenters. The van der Waals surface area contributed by atoms with E-state index in [-0.39, 0.29) is 22.7 Å². The Morgan fingerprint density at radius 2 is 2.05 bits per heavy atom. The first-order valence-corrected chi connectivity index (χ1v) is 6.05. The van der Waals surface area contributed by atoms with Gasteiger partial charge in [0.2, 0.25) is 0 Å². The molecule has 0 spiro atoms. The SMILES string of the molecule is CCOC(=O)c1ccc2c(Cl)cc(C(F)(F)F)nc2c1. The lowest BCUT2D eigenvalue weighted by Crippen LogP contribution is -2.09. The molecule has 20 heavy (non-hydrogen) atoms. The summed E-state index contributed by atoms with van der Waals surface area (Å²) in [7, 11) is 0. The molecule has 0 aliphatic rings. The van der Waals surface area contributed by atoms with Crippen LogP contribution in [0.2, 0.25) is 5.02 Å². The molecule has 2 rings (SSSR count). The molecule has 0 saturated carbocycles. The summed E-state index contributed by atoms with van der Waals surface area (Å²) >= 11 is 5.81. The van der Waals surface area contributed by atoms with E-state index in [9.17, 15) is 18.0 Å². The number of nitrogens with zero attached hydrogens (tertiary/aromatic N) is 1. The second kappa shape index (κ2) is 5.28. The molecule has 0 fully saturated rings. The van der Waals surface area contributed by atoms with Gasteiger partial charge in [-0.3, -0.25) is 0 Å². The molecule has 0 aliphatic carbocycles. The Hall–Kier alpha value is -1.82. The lowest BCUT2D eigenvalue weighted by molar-refractivity contribution is -0.140. The maximum absolute atomic E-state index is 12.7. The van der Waals surface area contributed by atoms with Crippen LogP contribution < -0.4 is 0 Å². The molecular formula is C13H9ClF3NO2. The van der Waals surface area contributed by atoms with Crippen molar-refractivity contribution >= 4 is 28.5 Å². The van der Waals surface area contributed by atoms with Gasteiger partial charge in [-0.15, -0.1) is 0 Å². The van der Waals surface area contributed by atoms with E-state index in [2.05, 4.69) is 4.98 Å². The fraction of sp³-hybridized carbons (Fsp3) is 0.231. The predicted octanol–water partition coefficient (Wildman–Crippen LogP) is 4.08. The van der Waals surface area contributed by atoms with E-state index in [4.69, 9.17) is 16.3 Å². The lowest BCUT2D eigenvalue weighted by atomic mass is 10.1. The van der Waals surface area contributed by atoms with Crippen LogP contribution in [0.3, 0.4) is 0 Å². The largest absolute Gasteiger partial charge is 0.462 e. The molecule has 0 radical (unpaired) electrons. The molecule has 2 aromatic rings. The highest BCUT2D eigenvalue weighted by Gasteiger charge is 2.33. The maximum Gasteiger partial charge on any atom is 0.433 e. The molecule has 1 aromatic heterocycles. The molecular weight excluding hydrogens is 295 g/mol. The summed E-state index contributed by atoms with van der Waals surface area (Å²) in [4.78, 5) is 15.0. The number of alkyl halides is 3. The van der Waals surface area contributed by atoms with Crippen LogP contribution in [-0.4, -0.2) is 17.6 Å². The molecule has 7 heteroatoms. The summed E-state index contributed by atoms with van der Waals surface area (Å²) in [6, 6.07) is 4.86. The zero-order chi connectivity index (χ0) is 14.9. The summed E-state index contributed by atoms with van der Waals surface area (Å²) in [6.45, 7) is 1.81. The third-order valence-corrected chi connectivity index (χ3v) is 2.87. The van der Waals surface area contributed by atoms with E-state index in [0.717, 1.165) is 6.07 Å². The van der Waals surface area contributed by atoms with Crippen molar-refractivity contribution in [3.8, 4) is 0 Å². The highest BCUT2D eigenvalue weighted by Crippen LogP contribution is 2.33. The van der Waals surface area contributed by atoms with Crippen LogP contribution in [0.25, 0.3) is 10.9 Å². The van der Waals surface area contributed by atoms with Gasteiger partial charge in [-0.1, -0.05) is 17.7 Å². The number of esters is 1. The summed E-state index contributed by atoms with van der Waals surface area (Å²) in [5.74, 6) is -0.621. The van der Waals surface area contributed by atoms with E-state index in [1.54, 1.807) is 6.92 Å². The number of pyridine rings is 1. The number of hydrogen-bond acceptors (Lipinski definition) is 3. The quantitative estimate of drug-likeness (QED) is 0.785. The molecule has 0 unspecified atom stereocenters. The van der Waals surface area contributed by atoms with Gasteiger partial charge in [-0.2, -0.15) is 13.2 Å². The molecule has 0 saturated heterocycles. The normalized spacial score (nSPS) is 11.7. The van der Waals surface area contributed by atoms with Gasteiger partial charge >= 0.3 is 12.1 Å². The fourth-order valence-electron chi connectivity index (χ4n) is 1.67. The van der Waals surface area contributed by atoms with Crippen molar-refractivity contribution in [1.29, 1.82) is 0 Å². The zero-order valence-electron chi connectivity index (χ0n) is 10.3. The van der Waals surface area contributed by atoms with Crippen molar-refractivity contribution in [3.05, 3.63) is 40.5 Å². The number of aromatic nitrogens is 1. The Morgan fingerprint density at radius 1 is 1.35 bits per heavy atom. The molecule has 1 aromatic carbocycles. The van der Waals surface area contributed by atoms with Crippen LogP contribution in [0.4, 0.5) is 13.2 Å². The van der Waals surface area contributed by atoms with Crippen molar-refractivity contribution in [2.24, 2.45) is 0 Å². The van der Waals surface area contributed by atoms with Crippen molar-refractivity contribution in [2.45, 2.75) is 13.1 Å². The molecule has 0 aliphatic heterocycles. The summed E-state index contributed by atoms with van der Waals surface area (Å²) in [5, 5.41) is 0.269. The van der Waals surface area contributed by atoms with Gasteiger partial charge in [-0.05, 0) is 25.1 Å². The minimum Gasteiger partial charge on any atom is -0.462 e. The molecule has 106 valence electrons. The minimum atomic E-state index is -4.60. The van der Waals surface area contributed by atoms with E-state index in [1.807, 2.05) is 0 Å². The van der Waals surface area contributed by atoms with Crippen LogP contribution in [0.15, 0.2) is 24.3 Å². The smallest absolute Gasteiger partial charge is 0.433 e. The number of rotatable bonds is 2. The topological polar surface area (TPSA) is 39.2 Å². The fourth-order valence-corrected chi connectivity index (χ4v) is 1.94. The minimum absolute atomic E-state index is 0.00428. The van der Waals surface area contributed by atoms with Crippen molar-refractivity contribution < 1.29 is 22.7 Å². The van der Waals surface area contributed by atoms with Crippen LogP contribution in [0, 0.1) is 0 Å². The average Bonchev–Trinajstić information content (AvgIpc) is 2.37. The van der Waals surface area contributed by atoms with E-state index < -0.39 is 17.8 Å². The number of carbonyl (C=O) groups excluding carboxylic acids is 1. The van der Waals surface area contributed by atoms with Crippen LogP contribution >= 0.6 is 11.6 Å². The molecule has 0 bridgehead atoms. The maximum atomic E-state index is 12.7. The predicted molar refractivity (Wildman–Crippen MR) is 67.7 cm³/mol. The van der Waals surface area contributed by atoms with E-state index in [1.165, 1.54) is 18.2 Å². The first kappa shape index (κ1) is 14.6. The monoisotopic (exact) mass is 303 g/mol. The van der Waals surface area contributed by atoms with Gasteiger partial charge in [0.1, 0.15) is 5.69 Å². The number of benzene rings is 1. The molecule has 0 amide bonds. The Balaban J connectivity index is 2.58. The second-order valence-corrected chi connectivity index (χ2v) is 4.35. The number of carbonyl (C=O) groups is 1. The van der Waals surface area contributed by atoms with Crippen LogP contribution in [0.1, 0.15) is 23.0 Å². The van der Waals surface area contributed by atoms with Crippen molar-refractivity contribution in [2.75, 3.05) is 6.61 Å². The van der Waals surface area contributed by atoms with Gasteiger partial charge in [0, 0.05) is 5.39 Å². The summed E-state index contributed by atoms with van der Waals surface area (Å²) in [5.41, 5.74) is -0.978. The third-order valence-electron chi connectivity index (χ3n) is 2.56. The Morgan fingerprint density at radius 3 is 2.65 bits per heavy atom. The number of hydrogen-bond donors (Lipinski definition) is 0. The number of fused-ring (bicyclic) bond motifs is 1. The van der Waals surface area contributed by atoms with Crippen molar-refractivity contribution in [1.82, 2.24) is 4.98 Å². The summed E-state index contributed by atoms with van der Waals surface area (Å²) < 4.78 is 42.8. The first-order valence-electron chi connectivity index (χ1n) is 5.67. The number of halogens is 4. The highest BCUT2D eigenvalue weighted by atomic mass is 35.5. The third kappa shape index (κ3) is 2.85. The van der Waals surface area contributed by atoms with Crippen LogP contribution in [0.5, 0.6) is 0 Å². The zero-order valence-corrected chi connectivity index (χ0v) is 11.0. The molecule has 3 nitrogen and oxygen atoms in total. The highest BCUT2D eigenvalue weighted by molar-refractivity contribution is 6.35. The Bertz CT molecular complexity index is 670. The summed E-state index contributed by atoms with van der Waals surface area (Å²) in [6.07, 6.45) is -4.60. The van der Waals surface area contributed by atoms with Gasteiger partial charge in [0.15, 0.2) is 0 Å². The first-order chi connectivity index (χ1) is 9.32. The van der Waals surface area contributed by atoms with Crippen LogP contribution in [-0.2, 0) is 10.9 Å². The van der Waals surface area contributed by atoms with E-state index in [0.29, 0.717) is 5.39 Å². The number of ether oxygens (including phenoxy) is 1. The van der Waals surface area contributed by atoms with Gasteiger partial charge < -0.3 is 4.74 Å². The van der Waals surface area contributed by atoms with Gasteiger partial charge in [-0.25, -0.2) is 9.78 Å². The van der Waals surface area contributed by atoms with E-state index >= 15 is 0 Å². The van der Waals surface area contributed by atoms with Gasteiger partial charge in [0.05, 0.1) is 22.7 Å². The lowest BCUT2D eigenvalue weighted by Gasteiger charge is -2.09. The Kier molecular flexibility index (Phi) is 3.85. The molecule has 0 N–H and O–H groups in total.